The van der Waals surface area contributed by atoms with Crippen LogP contribution in [0.15, 0.2) is 12.3 Å². The molecule has 1 saturated heterocycles. The smallest absolute Gasteiger partial charge is 0.0602 e. The predicted octanol–water partition coefficient (Wildman–Crippen LogP) is -0.367. The number of rotatable bonds is 3. The Balaban J connectivity index is 2.53. The van der Waals surface area contributed by atoms with Crippen molar-refractivity contribution in [1.82, 2.24) is 15.3 Å². The molecule has 0 amide bonds. The Morgan fingerprint density at radius 3 is 3.00 bits per heavy atom. The molecule has 1 unspecified atom stereocenters. The van der Waals surface area contributed by atoms with Gasteiger partial charge in [-0.05, 0) is 6.92 Å². The first kappa shape index (κ1) is 10.5. The fourth-order valence-corrected chi connectivity index (χ4v) is 1.40. The van der Waals surface area contributed by atoms with Crippen LogP contribution in [0, 0.1) is 0 Å². The van der Waals surface area contributed by atoms with Gasteiger partial charge < -0.3 is 15.4 Å². The molecule has 1 rings (SSSR count). The molecule has 4 heteroatoms. The normalized spacial score (nSPS) is 20.9. The number of aliphatic hydroxyl groups excluding tert-OH is 1. The van der Waals surface area contributed by atoms with Crippen molar-refractivity contribution in [2.24, 2.45) is 0 Å². The van der Waals surface area contributed by atoms with Crippen LogP contribution in [0.2, 0.25) is 0 Å². The molecule has 0 bridgehead atoms. The van der Waals surface area contributed by atoms with Crippen molar-refractivity contribution in [2.75, 3.05) is 33.3 Å². The topological polar surface area (TPSA) is 38.7 Å². The standard InChI is InChI=1S/C9H19N3O/c1-8-6-10-4-5-12(8)11(3)9(2)7-13/h9-10,13H,1,4-7H2,2-3H3. The highest BCUT2D eigenvalue weighted by Gasteiger charge is 2.20. The van der Waals surface area contributed by atoms with Gasteiger partial charge in [0.15, 0.2) is 0 Å². The third-order valence-corrected chi connectivity index (χ3v) is 2.48. The van der Waals surface area contributed by atoms with E-state index >= 15 is 0 Å². The average molecular weight is 185 g/mol. The van der Waals surface area contributed by atoms with Crippen molar-refractivity contribution in [2.45, 2.75) is 13.0 Å². The number of nitrogens with one attached hydrogen (secondary N) is 1. The summed E-state index contributed by atoms with van der Waals surface area (Å²) >= 11 is 0. The van der Waals surface area contributed by atoms with E-state index in [1.165, 1.54) is 0 Å². The molecule has 76 valence electrons. The fraction of sp³-hybridized carbons (Fsp3) is 0.778. The van der Waals surface area contributed by atoms with Crippen molar-refractivity contribution in [3.8, 4) is 0 Å². The minimum atomic E-state index is 0.148. The summed E-state index contributed by atoms with van der Waals surface area (Å²) in [6.45, 7) is 8.88. The molecule has 1 aliphatic rings. The van der Waals surface area contributed by atoms with Crippen LogP contribution < -0.4 is 5.32 Å². The van der Waals surface area contributed by atoms with Crippen molar-refractivity contribution in [3.63, 3.8) is 0 Å². The van der Waals surface area contributed by atoms with Crippen LogP contribution in [-0.4, -0.2) is 54.5 Å². The number of aliphatic hydroxyl groups is 1. The lowest BCUT2D eigenvalue weighted by Crippen LogP contribution is -2.52. The van der Waals surface area contributed by atoms with Crippen molar-refractivity contribution >= 4 is 0 Å². The van der Waals surface area contributed by atoms with E-state index in [-0.39, 0.29) is 12.6 Å². The van der Waals surface area contributed by atoms with Crippen molar-refractivity contribution in [3.05, 3.63) is 12.3 Å². The summed E-state index contributed by atoms with van der Waals surface area (Å²) in [6, 6.07) is 0.148. The number of piperazine rings is 1. The second-order valence-corrected chi connectivity index (χ2v) is 3.47. The van der Waals surface area contributed by atoms with Crippen molar-refractivity contribution in [1.29, 1.82) is 0 Å². The van der Waals surface area contributed by atoms with Gasteiger partial charge in [-0.2, -0.15) is 0 Å². The molecule has 0 radical (unpaired) electrons. The van der Waals surface area contributed by atoms with Crippen LogP contribution in [-0.2, 0) is 0 Å². The summed E-state index contributed by atoms with van der Waals surface area (Å²) in [4.78, 5) is 0. The highest BCUT2D eigenvalue weighted by Crippen LogP contribution is 2.10. The number of likely N-dealkylation sites (N-methyl/N-ethyl adjacent to an activating group) is 1. The largest absolute Gasteiger partial charge is 0.395 e. The Morgan fingerprint density at radius 2 is 2.46 bits per heavy atom. The van der Waals surface area contributed by atoms with Gasteiger partial charge in [0.05, 0.1) is 6.61 Å². The molecule has 1 fully saturated rings. The highest BCUT2D eigenvalue weighted by molar-refractivity contribution is 4.98. The monoisotopic (exact) mass is 185 g/mol. The van der Waals surface area contributed by atoms with Gasteiger partial charge in [-0.15, -0.1) is 0 Å². The summed E-state index contributed by atoms with van der Waals surface area (Å²) in [5.41, 5.74) is 1.06. The maximum atomic E-state index is 9.01. The zero-order valence-electron chi connectivity index (χ0n) is 8.45. The lowest BCUT2D eigenvalue weighted by Gasteiger charge is -2.41. The van der Waals surface area contributed by atoms with Gasteiger partial charge in [-0.3, -0.25) is 0 Å². The predicted molar refractivity (Wildman–Crippen MR) is 53.0 cm³/mol. The van der Waals surface area contributed by atoms with E-state index in [9.17, 15) is 0 Å². The lowest BCUT2D eigenvalue weighted by molar-refractivity contribution is -0.0262. The number of nitrogens with zero attached hydrogens (tertiary/aromatic N) is 2. The van der Waals surface area contributed by atoms with Crippen LogP contribution in [0.25, 0.3) is 0 Å². The van der Waals surface area contributed by atoms with E-state index in [4.69, 9.17) is 5.11 Å². The maximum Gasteiger partial charge on any atom is 0.0602 e. The number of hydrazine groups is 1. The third-order valence-electron chi connectivity index (χ3n) is 2.48. The van der Waals surface area contributed by atoms with Gasteiger partial charge in [-0.1, -0.05) is 6.58 Å². The molecule has 4 nitrogen and oxygen atoms in total. The Labute approximate surface area is 79.8 Å². The molecular weight excluding hydrogens is 166 g/mol. The van der Waals surface area contributed by atoms with E-state index in [1.54, 1.807) is 0 Å². The molecule has 0 aromatic rings. The van der Waals surface area contributed by atoms with Crippen LogP contribution >= 0.6 is 0 Å². The molecular formula is C9H19N3O. The van der Waals surface area contributed by atoms with Gasteiger partial charge in [0.1, 0.15) is 0 Å². The van der Waals surface area contributed by atoms with Crippen LogP contribution in [0.3, 0.4) is 0 Å². The van der Waals surface area contributed by atoms with Gasteiger partial charge in [0.25, 0.3) is 0 Å². The molecule has 0 saturated carbocycles. The Bertz CT molecular complexity index is 184. The molecule has 2 N–H and O–H groups in total. The Kier molecular flexibility index (Phi) is 3.71. The van der Waals surface area contributed by atoms with E-state index in [2.05, 4.69) is 16.9 Å². The first-order valence-electron chi connectivity index (χ1n) is 4.66. The Morgan fingerprint density at radius 1 is 1.77 bits per heavy atom. The third kappa shape index (κ3) is 2.43. The van der Waals surface area contributed by atoms with E-state index in [0.717, 1.165) is 25.3 Å². The molecule has 1 heterocycles. The van der Waals surface area contributed by atoms with Gasteiger partial charge in [0.2, 0.25) is 0 Å². The minimum Gasteiger partial charge on any atom is -0.395 e. The average Bonchev–Trinajstić information content (AvgIpc) is 2.16. The quantitative estimate of drug-likeness (QED) is 0.629. The molecule has 1 atom stereocenters. The second-order valence-electron chi connectivity index (χ2n) is 3.47. The summed E-state index contributed by atoms with van der Waals surface area (Å²) in [7, 11) is 1.98. The zero-order valence-corrected chi connectivity index (χ0v) is 8.45. The van der Waals surface area contributed by atoms with Crippen LogP contribution in [0.4, 0.5) is 0 Å². The van der Waals surface area contributed by atoms with Crippen LogP contribution in [0.1, 0.15) is 6.92 Å². The molecule has 0 aromatic carbocycles. The number of hydrogen-bond donors (Lipinski definition) is 2. The minimum absolute atomic E-state index is 0.148. The van der Waals surface area contributed by atoms with Gasteiger partial charge in [-0.25, -0.2) is 5.01 Å². The molecule has 1 aliphatic heterocycles. The fourth-order valence-electron chi connectivity index (χ4n) is 1.40. The second kappa shape index (κ2) is 4.60. The molecule has 0 aromatic heterocycles. The first-order chi connectivity index (χ1) is 6.16. The summed E-state index contributed by atoms with van der Waals surface area (Å²) in [6.07, 6.45) is 0. The summed E-state index contributed by atoms with van der Waals surface area (Å²) in [5.74, 6) is 0. The summed E-state index contributed by atoms with van der Waals surface area (Å²) in [5, 5.41) is 16.4. The summed E-state index contributed by atoms with van der Waals surface area (Å²) < 4.78 is 0. The van der Waals surface area contributed by atoms with E-state index < -0.39 is 0 Å². The van der Waals surface area contributed by atoms with Gasteiger partial charge >= 0.3 is 0 Å². The highest BCUT2D eigenvalue weighted by atomic mass is 16.3. The van der Waals surface area contributed by atoms with Gasteiger partial charge in [0, 0.05) is 38.4 Å². The molecule has 13 heavy (non-hydrogen) atoms. The Hall–Kier alpha value is -0.580. The maximum absolute atomic E-state index is 9.01. The SMILES string of the molecule is C=C1CNCCN1N(C)C(C)CO. The molecule has 0 aliphatic carbocycles. The van der Waals surface area contributed by atoms with E-state index in [0.29, 0.717) is 0 Å². The zero-order chi connectivity index (χ0) is 9.84. The van der Waals surface area contributed by atoms with Crippen LogP contribution in [0.5, 0.6) is 0 Å². The van der Waals surface area contributed by atoms with Crippen molar-refractivity contribution < 1.29 is 5.11 Å². The number of hydrogen-bond acceptors (Lipinski definition) is 4. The first-order valence-corrected chi connectivity index (χ1v) is 4.66. The lowest BCUT2D eigenvalue weighted by atomic mass is 10.3. The molecule has 0 spiro atoms. The van der Waals surface area contributed by atoms with E-state index in [1.807, 2.05) is 19.0 Å².